The number of methoxy groups -OCH3 is 1. The average molecular weight is 337 g/mol. The maximum Gasteiger partial charge on any atom is 0.255 e. The van der Waals surface area contributed by atoms with Crippen LogP contribution in [0.15, 0.2) is 42.9 Å². The van der Waals surface area contributed by atoms with Gasteiger partial charge in [0.25, 0.3) is 5.91 Å². The lowest BCUT2D eigenvalue weighted by molar-refractivity contribution is 0.0605. The summed E-state index contributed by atoms with van der Waals surface area (Å²) in [5, 5.41) is 4.18. The number of hydrogen-bond donors (Lipinski definition) is 0. The van der Waals surface area contributed by atoms with Crippen molar-refractivity contribution in [2.75, 3.05) is 13.7 Å². The topological polar surface area (TPSA) is 72.6 Å². The lowest BCUT2D eigenvalue weighted by atomic mass is 9.98. The fraction of sp³-hybridized carbons (Fsp3) is 0.333. The van der Waals surface area contributed by atoms with Crippen molar-refractivity contribution in [1.29, 1.82) is 0 Å². The van der Waals surface area contributed by atoms with Crippen molar-refractivity contribution < 1.29 is 9.53 Å². The highest BCUT2D eigenvalue weighted by Crippen LogP contribution is 2.31. The van der Waals surface area contributed by atoms with E-state index in [1.54, 1.807) is 36.2 Å². The van der Waals surface area contributed by atoms with Crippen molar-refractivity contribution in [3.63, 3.8) is 0 Å². The Morgan fingerprint density at radius 3 is 2.96 bits per heavy atom. The van der Waals surface area contributed by atoms with Gasteiger partial charge in [0.15, 0.2) is 5.65 Å². The molecule has 4 heterocycles. The van der Waals surface area contributed by atoms with Gasteiger partial charge in [0.05, 0.1) is 30.6 Å². The number of ether oxygens (including phenoxy) is 1. The van der Waals surface area contributed by atoms with Gasteiger partial charge >= 0.3 is 0 Å². The third-order valence-corrected chi connectivity index (χ3v) is 4.58. The van der Waals surface area contributed by atoms with Crippen LogP contribution in [0.4, 0.5) is 0 Å². The molecule has 0 spiro atoms. The van der Waals surface area contributed by atoms with E-state index in [-0.39, 0.29) is 11.9 Å². The Bertz CT molecular complexity index is 890. The first-order valence-corrected chi connectivity index (χ1v) is 8.37. The van der Waals surface area contributed by atoms with E-state index in [0.29, 0.717) is 11.4 Å². The van der Waals surface area contributed by atoms with Crippen LogP contribution in [-0.2, 0) is 0 Å². The first-order chi connectivity index (χ1) is 12.3. The minimum Gasteiger partial charge on any atom is -0.481 e. The van der Waals surface area contributed by atoms with Gasteiger partial charge in [0, 0.05) is 31.1 Å². The Hall–Kier alpha value is -2.96. The molecule has 3 aromatic heterocycles. The first kappa shape index (κ1) is 15.6. The molecule has 0 radical (unpaired) electrons. The number of piperidine rings is 1. The van der Waals surface area contributed by atoms with Crippen LogP contribution in [0.25, 0.3) is 5.65 Å². The Labute approximate surface area is 145 Å². The highest BCUT2D eigenvalue weighted by atomic mass is 16.5. The van der Waals surface area contributed by atoms with E-state index in [1.165, 1.54) is 0 Å². The maximum absolute atomic E-state index is 13.0. The molecule has 4 rings (SSSR count). The molecule has 25 heavy (non-hydrogen) atoms. The average Bonchev–Trinajstić information content (AvgIpc) is 3.15. The van der Waals surface area contributed by atoms with E-state index in [2.05, 4.69) is 15.1 Å². The minimum atomic E-state index is -0.0248. The second-order valence-electron chi connectivity index (χ2n) is 6.09. The lowest BCUT2D eigenvalue weighted by Gasteiger charge is -2.35. The number of hydrogen-bond acceptors (Lipinski definition) is 5. The number of amides is 1. The first-order valence-electron chi connectivity index (χ1n) is 8.37. The minimum absolute atomic E-state index is 0.0185. The molecule has 0 aliphatic carbocycles. The molecule has 0 bridgehead atoms. The quantitative estimate of drug-likeness (QED) is 0.734. The summed E-state index contributed by atoms with van der Waals surface area (Å²) in [6, 6.07) is 7.26. The van der Waals surface area contributed by atoms with E-state index in [4.69, 9.17) is 4.74 Å². The molecule has 0 saturated carbocycles. The smallest absolute Gasteiger partial charge is 0.255 e. The fourth-order valence-electron chi connectivity index (χ4n) is 3.29. The number of pyridine rings is 1. The number of likely N-dealkylation sites (tertiary alicyclic amines) is 1. The largest absolute Gasteiger partial charge is 0.481 e. The molecule has 7 heteroatoms. The van der Waals surface area contributed by atoms with Gasteiger partial charge in [-0.15, -0.1) is 0 Å². The Balaban J connectivity index is 1.64. The highest BCUT2D eigenvalue weighted by Gasteiger charge is 2.30. The number of nitrogens with zero attached hydrogens (tertiary/aromatic N) is 5. The van der Waals surface area contributed by atoms with Crippen molar-refractivity contribution in [2.45, 2.75) is 25.3 Å². The zero-order valence-electron chi connectivity index (χ0n) is 14.0. The van der Waals surface area contributed by atoms with Crippen LogP contribution in [0, 0.1) is 0 Å². The van der Waals surface area contributed by atoms with Gasteiger partial charge in [-0.3, -0.25) is 4.79 Å². The standard InChI is InChI=1S/C18H19N5O2/c1-25-17-6-5-13(12-19-17)18(24)22-10-3-2-4-15(22)14-8-11-23-16(21-14)7-9-20-23/h5-9,11-12,15H,2-4,10H2,1H3/t15-/m0/s1. The molecule has 0 N–H and O–H groups in total. The zero-order valence-corrected chi connectivity index (χ0v) is 14.0. The van der Waals surface area contributed by atoms with Gasteiger partial charge in [0.1, 0.15) is 0 Å². The summed E-state index contributed by atoms with van der Waals surface area (Å²) < 4.78 is 6.79. The van der Waals surface area contributed by atoms with E-state index in [1.807, 2.05) is 23.2 Å². The Morgan fingerprint density at radius 1 is 1.24 bits per heavy atom. The molecule has 3 aromatic rings. The van der Waals surface area contributed by atoms with E-state index in [0.717, 1.165) is 37.1 Å². The molecule has 1 aliphatic rings. The summed E-state index contributed by atoms with van der Waals surface area (Å²) in [5.41, 5.74) is 2.27. The SMILES string of the molecule is COc1ccc(C(=O)N2CCCC[C@H]2c2ccn3nccc3n2)cn1. The predicted molar refractivity (Wildman–Crippen MR) is 91.4 cm³/mol. The molecule has 0 unspecified atom stereocenters. The van der Waals surface area contributed by atoms with Crippen molar-refractivity contribution >= 4 is 11.6 Å². The molecule has 1 amide bonds. The number of aromatic nitrogens is 4. The van der Waals surface area contributed by atoms with Gasteiger partial charge in [-0.2, -0.15) is 5.10 Å². The summed E-state index contributed by atoms with van der Waals surface area (Å²) in [6.07, 6.45) is 8.18. The summed E-state index contributed by atoms with van der Waals surface area (Å²) in [4.78, 5) is 23.7. The van der Waals surface area contributed by atoms with Crippen LogP contribution in [0.1, 0.15) is 41.4 Å². The Morgan fingerprint density at radius 2 is 2.16 bits per heavy atom. The van der Waals surface area contributed by atoms with Crippen LogP contribution in [-0.4, -0.2) is 44.0 Å². The van der Waals surface area contributed by atoms with Gasteiger partial charge < -0.3 is 9.64 Å². The molecular weight excluding hydrogens is 318 g/mol. The van der Waals surface area contributed by atoms with E-state index >= 15 is 0 Å². The summed E-state index contributed by atoms with van der Waals surface area (Å²) in [6.45, 7) is 0.724. The van der Waals surface area contributed by atoms with Gasteiger partial charge in [-0.05, 0) is 31.4 Å². The maximum atomic E-state index is 13.0. The van der Waals surface area contributed by atoms with Gasteiger partial charge in [-0.25, -0.2) is 14.5 Å². The lowest BCUT2D eigenvalue weighted by Crippen LogP contribution is -2.39. The summed E-state index contributed by atoms with van der Waals surface area (Å²) >= 11 is 0. The molecule has 128 valence electrons. The number of carbonyl (C=O) groups is 1. The van der Waals surface area contributed by atoms with Crippen LogP contribution >= 0.6 is 0 Å². The van der Waals surface area contributed by atoms with Crippen LogP contribution < -0.4 is 4.74 Å². The van der Waals surface area contributed by atoms with Crippen molar-refractivity contribution in [3.8, 4) is 5.88 Å². The van der Waals surface area contributed by atoms with E-state index in [9.17, 15) is 4.79 Å². The molecular formula is C18H19N5O2. The number of carbonyl (C=O) groups excluding carboxylic acids is 1. The normalized spacial score (nSPS) is 17.6. The number of rotatable bonds is 3. The third-order valence-electron chi connectivity index (χ3n) is 4.58. The second-order valence-corrected chi connectivity index (χ2v) is 6.09. The monoisotopic (exact) mass is 337 g/mol. The summed E-state index contributed by atoms with van der Waals surface area (Å²) in [7, 11) is 1.56. The van der Waals surface area contributed by atoms with Crippen molar-refractivity contribution in [1.82, 2.24) is 24.5 Å². The highest BCUT2D eigenvalue weighted by molar-refractivity contribution is 5.94. The van der Waals surface area contributed by atoms with Gasteiger partial charge in [-0.1, -0.05) is 0 Å². The van der Waals surface area contributed by atoms with E-state index < -0.39 is 0 Å². The Kier molecular flexibility index (Phi) is 4.05. The third kappa shape index (κ3) is 2.93. The zero-order chi connectivity index (χ0) is 17.2. The van der Waals surface area contributed by atoms with Crippen molar-refractivity contribution in [2.24, 2.45) is 0 Å². The number of fused-ring (bicyclic) bond motifs is 1. The van der Waals surface area contributed by atoms with Crippen LogP contribution in [0.2, 0.25) is 0 Å². The predicted octanol–water partition coefficient (Wildman–Crippen LogP) is 2.50. The second kappa shape index (κ2) is 6.51. The molecule has 1 aliphatic heterocycles. The van der Waals surface area contributed by atoms with Gasteiger partial charge in [0.2, 0.25) is 5.88 Å². The molecule has 0 aromatic carbocycles. The fourth-order valence-corrected chi connectivity index (χ4v) is 3.29. The van der Waals surface area contributed by atoms with Crippen LogP contribution in [0.3, 0.4) is 0 Å². The molecule has 1 atom stereocenters. The molecule has 1 saturated heterocycles. The van der Waals surface area contributed by atoms with Crippen LogP contribution in [0.5, 0.6) is 5.88 Å². The molecule has 1 fully saturated rings. The molecule has 7 nitrogen and oxygen atoms in total. The summed E-state index contributed by atoms with van der Waals surface area (Å²) in [5.74, 6) is 0.481. The van der Waals surface area contributed by atoms with Crippen molar-refractivity contribution in [3.05, 3.63) is 54.1 Å².